The van der Waals surface area contributed by atoms with Crippen molar-refractivity contribution in [2.75, 3.05) is 0 Å². The maximum absolute atomic E-state index is 11.7. The minimum atomic E-state index is -0.0475. The SMILES string of the molecule is CC1(C)C(=O)C2C=CCC1C2. The lowest BCUT2D eigenvalue weighted by Crippen LogP contribution is -2.25. The highest BCUT2D eigenvalue weighted by Gasteiger charge is 2.47. The summed E-state index contributed by atoms with van der Waals surface area (Å²) in [5.74, 6) is 1.32. The van der Waals surface area contributed by atoms with E-state index in [4.69, 9.17) is 0 Å². The molecule has 0 radical (unpaired) electrons. The molecule has 2 rings (SSSR count). The molecule has 1 heteroatoms. The van der Waals surface area contributed by atoms with Gasteiger partial charge >= 0.3 is 0 Å². The molecule has 1 nitrogen and oxygen atoms in total. The standard InChI is InChI=1S/C10H14O/c1-10(2)8-5-3-4-7(6-8)9(10)11/h3-4,7-8H,5-6H2,1-2H3. The Bertz CT molecular complexity index is 225. The van der Waals surface area contributed by atoms with Crippen LogP contribution in [-0.2, 0) is 4.79 Å². The second kappa shape index (κ2) is 1.96. The van der Waals surface area contributed by atoms with Crippen LogP contribution in [0.3, 0.4) is 0 Å². The van der Waals surface area contributed by atoms with Crippen LogP contribution in [-0.4, -0.2) is 5.78 Å². The molecule has 0 amide bonds. The number of hydrogen-bond acceptors (Lipinski definition) is 1. The summed E-state index contributed by atoms with van der Waals surface area (Å²) in [7, 11) is 0. The van der Waals surface area contributed by atoms with Crippen LogP contribution in [0.25, 0.3) is 0 Å². The van der Waals surface area contributed by atoms with Crippen LogP contribution in [0.5, 0.6) is 0 Å². The van der Waals surface area contributed by atoms with E-state index in [-0.39, 0.29) is 11.3 Å². The summed E-state index contributed by atoms with van der Waals surface area (Å²) in [6.45, 7) is 4.18. The minimum Gasteiger partial charge on any atom is -0.298 e. The van der Waals surface area contributed by atoms with Gasteiger partial charge in [-0.2, -0.15) is 0 Å². The first-order valence-corrected chi connectivity index (χ1v) is 4.33. The Morgan fingerprint density at radius 2 is 2.27 bits per heavy atom. The van der Waals surface area contributed by atoms with Gasteiger partial charge in [0.1, 0.15) is 5.78 Å². The quantitative estimate of drug-likeness (QED) is 0.484. The van der Waals surface area contributed by atoms with E-state index in [9.17, 15) is 4.79 Å². The number of carbonyl (C=O) groups excluding carboxylic acids is 1. The number of rotatable bonds is 0. The fraction of sp³-hybridized carbons (Fsp3) is 0.700. The molecule has 0 N–H and O–H groups in total. The lowest BCUT2D eigenvalue weighted by Gasteiger charge is -2.23. The van der Waals surface area contributed by atoms with Crippen molar-refractivity contribution >= 4 is 5.78 Å². The van der Waals surface area contributed by atoms with Gasteiger partial charge in [0.25, 0.3) is 0 Å². The number of Topliss-reactive ketones (excluding diaryl/α,β-unsaturated/α-hetero) is 1. The molecule has 0 aromatic carbocycles. The van der Waals surface area contributed by atoms with Gasteiger partial charge in [-0.15, -0.1) is 0 Å². The third-order valence-corrected chi connectivity index (χ3v) is 3.32. The van der Waals surface area contributed by atoms with E-state index in [0.717, 1.165) is 12.8 Å². The van der Waals surface area contributed by atoms with Crippen LogP contribution in [0.4, 0.5) is 0 Å². The van der Waals surface area contributed by atoms with Crippen LogP contribution in [0, 0.1) is 17.3 Å². The second-order valence-corrected chi connectivity index (χ2v) is 4.29. The summed E-state index contributed by atoms with van der Waals surface area (Å²) in [5.41, 5.74) is -0.0475. The van der Waals surface area contributed by atoms with Gasteiger partial charge in [-0.1, -0.05) is 26.0 Å². The molecule has 0 saturated heterocycles. The van der Waals surface area contributed by atoms with Crippen molar-refractivity contribution in [3.63, 3.8) is 0 Å². The van der Waals surface area contributed by atoms with Gasteiger partial charge in [-0.3, -0.25) is 4.79 Å². The molecule has 0 heterocycles. The monoisotopic (exact) mass is 150 g/mol. The number of allylic oxidation sites excluding steroid dienone is 2. The Balaban J connectivity index is 2.38. The molecule has 0 spiro atoms. The van der Waals surface area contributed by atoms with Crippen LogP contribution >= 0.6 is 0 Å². The number of hydrogen-bond donors (Lipinski definition) is 0. The summed E-state index contributed by atoms with van der Waals surface area (Å²) in [6.07, 6.45) is 6.47. The molecular weight excluding hydrogens is 136 g/mol. The van der Waals surface area contributed by atoms with Crippen molar-refractivity contribution in [1.29, 1.82) is 0 Å². The zero-order valence-corrected chi connectivity index (χ0v) is 7.13. The van der Waals surface area contributed by atoms with E-state index in [0.29, 0.717) is 11.7 Å². The maximum Gasteiger partial charge on any atom is 0.145 e. The van der Waals surface area contributed by atoms with Gasteiger partial charge in [0.05, 0.1) is 0 Å². The fourth-order valence-corrected chi connectivity index (χ4v) is 2.35. The molecule has 60 valence electrons. The second-order valence-electron chi connectivity index (χ2n) is 4.29. The Hall–Kier alpha value is -0.590. The van der Waals surface area contributed by atoms with Crippen molar-refractivity contribution in [1.82, 2.24) is 0 Å². The first-order chi connectivity index (χ1) is 5.12. The lowest BCUT2D eigenvalue weighted by molar-refractivity contribution is -0.127. The Morgan fingerprint density at radius 1 is 1.55 bits per heavy atom. The molecule has 0 aromatic heterocycles. The Morgan fingerprint density at radius 3 is 2.82 bits per heavy atom. The molecule has 2 bridgehead atoms. The van der Waals surface area contributed by atoms with E-state index in [1.807, 2.05) is 0 Å². The van der Waals surface area contributed by atoms with Crippen LogP contribution in [0.2, 0.25) is 0 Å². The topological polar surface area (TPSA) is 17.1 Å². The largest absolute Gasteiger partial charge is 0.298 e. The fourth-order valence-electron chi connectivity index (χ4n) is 2.35. The van der Waals surface area contributed by atoms with E-state index in [1.54, 1.807) is 0 Å². The average Bonchev–Trinajstić information content (AvgIpc) is 2.15. The van der Waals surface area contributed by atoms with Crippen molar-refractivity contribution in [3.05, 3.63) is 12.2 Å². The first kappa shape index (κ1) is 7.08. The Kier molecular flexibility index (Phi) is 1.26. The van der Waals surface area contributed by atoms with E-state index in [2.05, 4.69) is 26.0 Å². The van der Waals surface area contributed by atoms with Gasteiger partial charge in [-0.05, 0) is 18.8 Å². The van der Waals surface area contributed by atoms with Crippen molar-refractivity contribution < 1.29 is 4.79 Å². The molecule has 1 fully saturated rings. The zero-order valence-electron chi connectivity index (χ0n) is 7.13. The molecule has 0 aromatic rings. The van der Waals surface area contributed by atoms with Gasteiger partial charge in [-0.25, -0.2) is 0 Å². The predicted molar refractivity (Wildman–Crippen MR) is 44.1 cm³/mol. The molecular formula is C10H14O. The van der Waals surface area contributed by atoms with E-state index < -0.39 is 0 Å². The Labute approximate surface area is 67.5 Å². The summed E-state index contributed by atoms with van der Waals surface area (Å²) in [4.78, 5) is 11.7. The lowest BCUT2D eigenvalue weighted by atomic mass is 9.80. The number of fused-ring (bicyclic) bond motifs is 2. The van der Waals surface area contributed by atoms with E-state index in [1.165, 1.54) is 0 Å². The van der Waals surface area contributed by atoms with Crippen LogP contribution < -0.4 is 0 Å². The smallest absolute Gasteiger partial charge is 0.145 e. The molecule has 2 atom stereocenters. The van der Waals surface area contributed by atoms with Gasteiger partial charge in [0.2, 0.25) is 0 Å². The van der Waals surface area contributed by atoms with Crippen molar-refractivity contribution in [2.45, 2.75) is 26.7 Å². The third-order valence-electron chi connectivity index (χ3n) is 3.32. The van der Waals surface area contributed by atoms with E-state index >= 15 is 0 Å². The van der Waals surface area contributed by atoms with Crippen LogP contribution in [0.15, 0.2) is 12.2 Å². The molecule has 2 aliphatic carbocycles. The van der Waals surface area contributed by atoms with Crippen LogP contribution in [0.1, 0.15) is 26.7 Å². The van der Waals surface area contributed by atoms with Crippen molar-refractivity contribution in [3.8, 4) is 0 Å². The molecule has 0 aliphatic heterocycles. The average molecular weight is 150 g/mol. The minimum absolute atomic E-state index is 0.0475. The maximum atomic E-state index is 11.7. The molecule has 2 aliphatic rings. The molecule has 1 saturated carbocycles. The predicted octanol–water partition coefficient (Wildman–Crippen LogP) is 2.18. The summed E-state index contributed by atoms with van der Waals surface area (Å²) < 4.78 is 0. The highest BCUT2D eigenvalue weighted by molar-refractivity contribution is 5.90. The van der Waals surface area contributed by atoms with Gasteiger partial charge < -0.3 is 0 Å². The zero-order chi connectivity index (χ0) is 8.06. The normalized spacial score (nSPS) is 39.6. The van der Waals surface area contributed by atoms with Gasteiger partial charge in [0, 0.05) is 11.3 Å². The number of carbonyl (C=O) groups is 1. The number of ketones is 1. The summed E-state index contributed by atoms with van der Waals surface area (Å²) >= 11 is 0. The first-order valence-electron chi connectivity index (χ1n) is 4.33. The molecule has 2 unspecified atom stereocenters. The highest BCUT2D eigenvalue weighted by Crippen LogP contribution is 2.47. The van der Waals surface area contributed by atoms with Crippen molar-refractivity contribution in [2.24, 2.45) is 17.3 Å². The molecule has 11 heavy (non-hydrogen) atoms. The summed E-state index contributed by atoms with van der Waals surface area (Å²) in [6, 6.07) is 0. The summed E-state index contributed by atoms with van der Waals surface area (Å²) in [5, 5.41) is 0. The third kappa shape index (κ3) is 0.800. The highest BCUT2D eigenvalue weighted by atomic mass is 16.1. The van der Waals surface area contributed by atoms with Gasteiger partial charge in [0.15, 0.2) is 0 Å².